The molecule has 0 aliphatic rings. The van der Waals surface area contributed by atoms with Gasteiger partial charge in [0.15, 0.2) is 0 Å². The molecule has 0 aliphatic heterocycles. The van der Waals surface area contributed by atoms with E-state index in [0.717, 1.165) is 6.92 Å². The highest BCUT2D eigenvalue weighted by Gasteiger charge is 2.43. The minimum Gasteiger partial charge on any atom is -0.395 e. The number of benzene rings is 1. The summed E-state index contributed by atoms with van der Waals surface area (Å²) in [6, 6.07) is 1.76. The number of halogens is 7. The monoisotopic (exact) mass is 407 g/mol. The summed E-state index contributed by atoms with van der Waals surface area (Å²) in [5, 5.41) is 11.2. The van der Waals surface area contributed by atoms with Crippen LogP contribution < -0.4 is 5.32 Å². The Balaban J connectivity index is 2.93. The molecule has 0 aromatic heterocycles. The van der Waals surface area contributed by atoms with Crippen LogP contribution in [0.15, 0.2) is 28.7 Å². The van der Waals surface area contributed by atoms with E-state index in [1.54, 1.807) is 0 Å². The zero-order chi connectivity index (χ0) is 17.8. The van der Waals surface area contributed by atoms with Gasteiger partial charge in [-0.05, 0) is 24.1 Å². The SMILES string of the molecule is C[C@@H](C[C@@H](CO)N[C@@H](c1ccc(Br)cc1)C(F)(F)F)C(F)(F)F. The van der Waals surface area contributed by atoms with Gasteiger partial charge in [-0.25, -0.2) is 0 Å². The van der Waals surface area contributed by atoms with Gasteiger partial charge in [0.1, 0.15) is 6.04 Å². The molecular formula is C14H16BrF6NO. The van der Waals surface area contributed by atoms with Crippen molar-refractivity contribution in [2.24, 2.45) is 5.92 Å². The van der Waals surface area contributed by atoms with Crippen molar-refractivity contribution in [3.05, 3.63) is 34.3 Å². The van der Waals surface area contributed by atoms with E-state index >= 15 is 0 Å². The number of alkyl halides is 6. The smallest absolute Gasteiger partial charge is 0.395 e. The van der Waals surface area contributed by atoms with Crippen LogP contribution in [0.3, 0.4) is 0 Å². The number of rotatable bonds is 6. The Morgan fingerprint density at radius 3 is 1.96 bits per heavy atom. The summed E-state index contributed by atoms with van der Waals surface area (Å²) in [6.45, 7) is 0.0378. The third-order valence-electron chi connectivity index (χ3n) is 3.35. The molecule has 0 saturated heterocycles. The van der Waals surface area contributed by atoms with Crippen molar-refractivity contribution in [3.63, 3.8) is 0 Å². The summed E-state index contributed by atoms with van der Waals surface area (Å²) in [5.41, 5.74) is -0.140. The summed E-state index contributed by atoms with van der Waals surface area (Å²) in [7, 11) is 0. The van der Waals surface area contributed by atoms with Crippen LogP contribution in [-0.2, 0) is 0 Å². The summed E-state index contributed by atoms with van der Waals surface area (Å²) in [6.07, 6.45) is -9.88. The second-order valence-electron chi connectivity index (χ2n) is 5.25. The Labute approximate surface area is 138 Å². The van der Waals surface area contributed by atoms with E-state index < -0.39 is 43.4 Å². The maximum atomic E-state index is 13.2. The molecule has 23 heavy (non-hydrogen) atoms. The summed E-state index contributed by atoms with van der Waals surface area (Å²) >= 11 is 3.10. The van der Waals surface area contributed by atoms with Crippen LogP contribution in [0.1, 0.15) is 24.9 Å². The average molecular weight is 408 g/mol. The Hall–Kier alpha value is -0.800. The molecule has 0 heterocycles. The lowest BCUT2D eigenvalue weighted by atomic mass is 9.99. The quantitative estimate of drug-likeness (QED) is 0.675. The molecule has 9 heteroatoms. The molecule has 0 unspecified atom stereocenters. The van der Waals surface area contributed by atoms with Crippen LogP contribution in [-0.4, -0.2) is 30.1 Å². The Morgan fingerprint density at radius 1 is 1.04 bits per heavy atom. The molecular weight excluding hydrogens is 392 g/mol. The maximum absolute atomic E-state index is 13.2. The molecule has 0 saturated carbocycles. The fourth-order valence-electron chi connectivity index (χ4n) is 2.03. The van der Waals surface area contributed by atoms with E-state index in [4.69, 9.17) is 5.11 Å². The third-order valence-corrected chi connectivity index (χ3v) is 3.88. The lowest BCUT2D eigenvalue weighted by Crippen LogP contribution is -2.44. The Morgan fingerprint density at radius 2 is 1.57 bits per heavy atom. The molecule has 2 N–H and O–H groups in total. The number of aliphatic hydroxyl groups is 1. The van der Waals surface area contributed by atoms with E-state index in [0.29, 0.717) is 4.47 Å². The van der Waals surface area contributed by atoms with Gasteiger partial charge in [0, 0.05) is 10.5 Å². The highest BCUT2D eigenvalue weighted by atomic mass is 79.9. The minimum absolute atomic E-state index is 0.140. The molecule has 0 spiro atoms. The molecule has 132 valence electrons. The van der Waals surface area contributed by atoms with Gasteiger partial charge in [-0.1, -0.05) is 35.0 Å². The molecule has 1 rings (SSSR count). The van der Waals surface area contributed by atoms with Crippen molar-refractivity contribution in [1.82, 2.24) is 5.32 Å². The molecule has 0 fully saturated rings. The average Bonchev–Trinajstić information content (AvgIpc) is 2.42. The van der Waals surface area contributed by atoms with Crippen molar-refractivity contribution in [2.45, 2.75) is 37.8 Å². The van der Waals surface area contributed by atoms with Crippen LogP contribution >= 0.6 is 15.9 Å². The summed E-state index contributed by atoms with van der Waals surface area (Å²) in [5.74, 6) is -1.83. The van der Waals surface area contributed by atoms with Gasteiger partial charge in [0.25, 0.3) is 0 Å². The Bertz CT molecular complexity index is 488. The van der Waals surface area contributed by atoms with Crippen molar-refractivity contribution in [1.29, 1.82) is 0 Å². The predicted molar refractivity (Wildman–Crippen MR) is 76.8 cm³/mol. The standard InChI is InChI=1S/C14H16BrF6NO/c1-8(13(16,17)18)6-11(7-23)22-12(14(19,20)21)9-2-4-10(15)5-3-9/h2-5,8,11-12,22-23H,6-7H2,1H3/t8-,11-,12-/m0/s1. The van der Waals surface area contributed by atoms with Crippen LogP contribution in [0.25, 0.3) is 0 Å². The van der Waals surface area contributed by atoms with Crippen molar-refractivity contribution in [2.75, 3.05) is 6.61 Å². The maximum Gasteiger partial charge on any atom is 0.407 e. The van der Waals surface area contributed by atoms with Crippen molar-refractivity contribution >= 4 is 15.9 Å². The number of aliphatic hydroxyl groups excluding tert-OH is 1. The van der Waals surface area contributed by atoms with Crippen molar-refractivity contribution < 1.29 is 31.4 Å². The van der Waals surface area contributed by atoms with Gasteiger partial charge in [-0.2, -0.15) is 26.3 Å². The highest BCUT2D eigenvalue weighted by Crippen LogP contribution is 2.35. The normalized spacial score (nSPS) is 16.9. The molecule has 0 amide bonds. The summed E-state index contributed by atoms with van der Waals surface area (Å²) < 4.78 is 77.8. The molecule has 0 radical (unpaired) electrons. The van der Waals surface area contributed by atoms with Gasteiger partial charge in [0.05, 0.1) is 12.5 Å². The van der Waals surface area contributed by atoms with Gasteiger partial charge in [-0.3, -0.25) is 5.32 Å². The number of hydrogen-bond donors (Lipinski definition) is 2. The Kier molecular flexibility index (Phi) is 6.91. The number of hydrogen-bond acceptors (Lipinski definition) is 2. The second kappa shape index (κ2) is 7.85. The van der Waals surface area contributed by atoms with E-state index in [2.05, 4.69) is 21.2 Å². The van der Waals surface area contributed by atoms with Crippen molar-refractivity contribution in [3.8, 4) is 0 Å². The van der Waals surface area contributed by atoms with Crippen LogP contribution in [0.5, 0.6) is 0 Å². The van der Waals surface area contributed by atoms with E-state index in [-0.39, 0.29) is 5.56 Å². The van der Waals surface area contributed by atoms with Crippen LogP contribution in [0.4, 0.5) is 26.3 Å². The second-order valence-corrected chi connectivity index (χ2v) is 6.17. The zero-order valence-corrected chi connectivity index (χ0v) is 13.6. The molecule has 0 bridgehead atoms. The van der Waals surface area contributed by atoms with Crippen LogP contribution in [0.2, 0.25) is 0 Å². The van der Waals surface area contributed by atoms with Gasteiger partial charge in [-0.15, -0.1) is 0 Å². The lowest BCUT2D eigenvalue weighted by molar-refractivity contribution is -0.177. The number of nitrogens with one attached hydrogen (secondary N) is 1. The fourth-order valence-corrected chi connectivity index (χ4v) is 2.29. The van der Waals surface area contributed by atoms with E-state index in [9.17, 15) is 26.3 Å². The highest BCUT2D eigenvalue weighted by molar-refractivity contribution is 9.10. The van der Waals surface area contributed by atoms with Gasteiger partial charge in [0.2, 0.25) is 0 Å². The molecule has 3 atom stereocenters. The molecule has 1 aromatic rings. The summed E-state index contributed by atoms with van der Waals surface area (Å²) in [4.78, 5) is 0. The van der Waals surface area contributed by atoms with E-state index in [1.165, 1.54) is 24.3 Å². The third kappa shape index (κ3) is 6.31. The first-order valence-corrected chi connectivity index (χ1v) is 7.50. The first kappa shape index (κ1) is 20.2. The van der Waals surface area contributed by atoms with E-state index in [1.807, 2.05) is 0 Å². The lowest BCUT2D eigenvalue weighted by Gasteiger charge is -2.29. The fraction of sp³-hybridized carbons (Fsp3) is 0.571. The molecule has 2 nitrogen and oxygen atoms in total. The minimum atomic E-state index is -4.71. The topological polar surface area (TPSA) is 32.3 Å². The molecule has 0 aliphatic carbocycles. The largest absolute Gasteiger partial charge is 0.407 e. The van der Waals surface area contributed by atoms with Gasteiger partial charge >= 0.3 is 12.4 Å². The zero-order valence-electron chi connectivity index (χ0n) is 12.0. The predicted octanol–water partition coefficient (Wildman–Crippen LogP) is 4.59. The van der Waals surface area contributed by atoms with Crippen LogP contribution in [0, 0.1) is 5.92 Å². The molecule has 1 aromatic carbocycles. The van der Waals surface area contributed by atoms with Gasteiger partial charge < -0.3 is 5.11 Å². The first-order valence-electron chi connectivity index (χ1n) is 6.71. The first-order chi connectivity index (χ1) is 10.4.